The van der Waals surface area contributed by atoms with Crippen molar-refractivity contribution in [1.29, 1.82) is 0 Å². The Kier molecular flexibility index (Phi) is 4.33. The molecule has 1 aromatic carbocycles. The lowest BCUT2D eigenvalue weighted by Crippen LogP contribution is -2.19. The van der Waals surface area contributed by atoms with Gasteiger partial charge in [-0.25, -0.2) is 4.39 Å². The van der Waals surface area contributed by atoms with E-state index in [0.29, 0.717) is 0 Å². The van der Waals surface area contributed by atoms with Crippen LogP contribution in [0.25, 0.3) is 0 Å². The van der Waals surface area contributed by atoms with E-state index in [4.69, 9.17) is 0 Å². The van der Waals surface area contributed by atoms with Crippen molar-refractivity contribution in [3.63, 3.8) is 0 Å². The molecule has 0 aromatic heterocycles. The predicted octanol–water partition coefficient (Wildman–Crippen LogP) is 2.53. The van der Waals surface area contributed by atoms with E-state index in [0.717, 1.165) is 30.6 Å². The van der Waals surface area contributed by atoms with E-state index in [-0.39, 0.29) is 5.82 Å². The van der Waals surface area contributed by atoms with E-state index in [1.165, 1.54) is 6.07 Å². The second kappa shape index (κ2) is 5.55. The lowest BCUT2D eigenvalue weighted by Gasteiger charge is -2.04. The Bertz CT molecular complexity index is 307. The quantitative estimate of drug-likeness (QED) is 0.559. The van der Waals surface area contributed by atoms with Gasteiger partial charge in [0.2, 0.25) is 0 Å². The number of hydrogen-bond donors (Lipinski definition) is 1. The van der Waals surface area contributed by atoms with E-state index in [1.54, 1.807) is 6.07 Å². The molecule has 0 heterocycles. The molecular weight excluding hydrogens is 177 g/mol. The average molecular weight is 193 g/mol. The first-order valence-corrected chi connectivity index (χ1v) is 4.78. The van der Waals surface area contributed by atoms with Crippen molar-refractivity contribution in [3.05, 3.63) is 47.8 Å². The van der Waals surface area contributed by atoms with Crippen LogP contribution in [-0.4, -0.2) is 13.1 Å². The lowest BCUT2D eigenvalue weighted by molar-refractivity contribution is 0.602. The molecule has 14 heavy (non-hydrogen) atoms. The zero-order valence-electron chi connectivity index (χ0n) is 8.52. The Balaban J connectivity index is 2.31. The molecule has 0 fully saturated rings. The molecule has 0 unspecified atom stereocenters. The molecule has 0 amide bonds. The second-order valence-corrected chi connectivity index (χ2v) is 3.48. The first kappa shape index (κ1) is 10.9. The van der Waals surface area contributed by atoms with Gasteiger partial charge in [0.1, 0.15) is 5.82 Å². The lowest BCUT2D eigenvalue weighted by atomic mass is 10.1. The molecule has 0 spiro atoms. The average Bonchev–Trinajstić information content (AvgIpc) is 2.15. The van der Waals surface area contributed by atoms with E-state index >= 15 is 0 Å². The Labute approximate surface area is 84.6 Å². The summed E-state index contributed by atoms with van der Waals surface area (Å²) in [7, 11) is 0. The smallest absolute Gasteiger partial charge is 0.126 e. The predicted molar refractivity (Wildman–Crippen MR) is 57.8 cm³/mol. The molecular formula is C12H16FN. The van der Waals surface area contributed by atoms with Gasteiger partial charge in [0.15, 0.2) is 0 Å². The molecule has 0 radical (unpaired) electrons. The normalized spacial score (nSPS) is 10.1. The molecule has 0 saturated carbocycles. The third-order valence-electron chi connectivity index (χ3n) is 1.96. The minimum Gasteiger partial charge on any atom is -0.313 e. The minimum absolute atomic E-state index is 0.121. The summed E-state index contributed by atoms with van der Waals surface area (Å²) < 4.78 is 13.1. The highest BCUT2D eigenvalue weighted by Gasteiger charge is 1.98. The third-order valence-corrected chi connectivity index (χ3v) is 1.96. The molecule has 0 aliphatic rings. The van der Waals surface area contributed by atoms with Crippen LogP contribution in [0, 0.1) is 5.82 Å². The van der Waals surface area contributed by atoms with E-state index in [1.807, 2.05) is 19.1 Å². The maximum Gasteiger partial charge on any atom is 0.126 e. The fourth-order valence-electron chi connectivity index (χ4n) is 1.23. The highest BCUT2D eigenvalue weighted by Crippen LogP contribution is 2.05. The standard InChI is InChI=1S/C12H16FN/c1-10(2)9-14-8-7-11-5-3-4-6-12(11)13/h3-6,14H,1,7-9H2,2H3. The van der Waals surface area contributed by atoms with Crippen molar-refractivity contribution in [2.75, 3.05) is 13.1 Å². The van der Waals surface area contributed by atoms with Gasteiger partial charge in [-0.15, -0.1) is 0 Å². The zero-order valence-corrected chi connectivity index (χ0v) is 8.52. The van der Waals surface area contributed by atoms with Gasteiger partial charge in [-0.05, 0) is 31.5 Å². The first-order chi connectivity index (χ1) is 6.70. The van der Waals surface area contributed by atoms with Crippen LogP contribution in [0.4, 0.5) is 4.39 Å². The number of benzene rings is 1. The van der Waals surface area contributed by atoms with Crippen molar-refractivity contribution in [1.82, 2.24) is 5.32 Å². The number of hydrogen-bond acceptors (Lipinski definition) is 1. The molecule has 0 aliphatic carbocycles. The van der Waals surface area contributed by atoms with E-state index < -0.39 is 0 Å². The van der Waals surface area contributed by atoms with Gasteiger partial charge < -0.3 is 5.32 Å². The van der Waals surface area contributed by atoms with Crippen molar-refractivity contribution in [2.45, 2.75) is 13.3 Å². The van der Waals surface area contributed by atoms with Crippen LogP contribution in [-0.2, 0) is 6.42 Å². The molecule has 0 aliphatic heterocycles. The fourth-order valence-corrected chi connectivity index (χ4v) is 1.23. The van der Waals surface area contributed by atoms with Crippen LogP contribution in [0.15, 0.2) is 36.4 Å². The largest absolute Gasteiger partial charge is 0.313 e. The summed E-state index contributed by atoms with van der Waals surface area (Å²) in [5.74, 6) is -0.121. The highest BCUT2D eigenvalue weighted by atomic mass is 19.1. The molecule has 1 N–H and O–H groups in total. The molecule has 2 heteroatoms. The maximum absolute atomic E-state index is 13.1. The van der Waals surface area contributed by atoms with E-state index in [2.05, 4.69) is 11.9 Å². The van der Waals surface area contributed by atoms with Crippen LogP contribution in [0.5, 0.6) is 0 Å². The summed E-state index contributed by atoms with van der Waals surface area (Å²) in [6.45, 7) is 7.33. The Morgan fingerprint density at radius 3 is 2.79 bits per heavy atom. The molecule has 1 aromatic rings. The molecule has 76 valence electrons. The van der Waals surface area contributed by atoms with Crippen LogP contribution in [0.2, 0.25) is 0 Å². The van der Waals surface area contributed by atoms with Crippen LogP contribution in [0.1, 0.15) is 12.5 Å². The van der Waals surface area contributed by atoms with Gasteiger partial charge in [-0.2, -0.15) is 0 Å². The molecule has 0 bridgehead atoms. The first-order valence-electron chi connectivity index (χ1n) is 4.78. The van der Waals surface area contributed by atoms with Crippen molar-refractivity contribution in [3.8, 4) is 0 Å². The number of rotatable bonds is 5. The monoisotopic (exact) mass is 193 g/mol. The molecule has 0 saturated heterocycles. The Morgan fingerprint density at radius 2 is 2.14 bits per heavy atom. The third kappa shape index (κ3) is 3.71. The molecule has 1 rings (SSSR count). The molecule has 1 nitrogen and oxygen atoms in total. The zero-order chi connectivity index (χ0) is 10.4. The van der Waals surface area contributed by atoms with Crippen molar-refractivity contribution < 1.29 is 4.39 Å². The van der Waals surface area contributed by atoms with Gasteiger partial charge in [0.25, 0.3) is 0 Å². The topological polar surface area (TPSA) is 12.0 Å². The van der Waals surface area contributed by atoms with Crippen molar-refractivity contribution in [2.24, 2.45) is 0 Å². The summed E-state index contributed by atoms with van der Waals surface area (Å²) >= 11 is 0. The van der Waals surface area contributed by atoms with E-state index in [9.17, 15) is 4.39 Å². The van der Waals surface area contributed by atoms with Gasteiger partial charge >= 0.3 is 0 Å². The fraction of sp³-hybridized carbons (Fsp3) is 0.333. The summed E-state index contributed by atoms with van der Waals surface area (Å²) in [5, 5.41) is 3.19. The van der Waals surface area contributed by atoms with Crippen LogP contribution in [0.3, 0.4) is 0 Å². The highest BCUT2D eigenvalue weighted by molar-refractivity contribution is 5.17. The van der Waals surface area contributed by atoms with Crippen LogP contribution >= 0.6 is 0 Å². The summed E-state index contributed by atoms with van der Waals surface area (Å²) in [6, 6.07) is 6.88. The van der Waals surface area contributed by atoms with Crippen LogP contribution < -0.4 is 5.32 Å². The van der Waals surface area contributed by atoms with Gasteiger partial charge in [-0.1, -0.05) is 30.4 Å². The maximum atomic E-state index is 13.1. The van der Waals surface area contributed by atoms with Gasteiger partial charge in [0.05, 0.1) is 0 Å². The van der Waals surface area contributed by atoms with Gasteiger partial charge in [0, 0.05) is 6.54 Å². The summed E-state index contributed by atoms with van der Waals surface area (Å²) in [5.41, 5.74) is 1.86. The Hall–Kier alpha value is -1.15. The Morgan fingerprint density at radius 1 is 1.43 bits per heavy atom. The second-order valence-electron chi connectivity index (χ2n) is 3.48. The van der Waals surface area contributed by atoms with Gasteiger partial charge in [-0.3, -0.25) is 0 Å². The summed E-state index contributed by atoms with van der Waals surface area (Å²) in [4.78, 5) is 0. The molecule has 0 atom stereocenters. The van der Waals surface area contributed by atoms with Crippen molar-refractivity contribution >= 4 is 0 Å². The minimum atomic E-state index is -0.121. The number of nitrogens with one attached hydrogen (secondary N) is 1. The number of halogens is 1. The summed E-state index contributed by atoms with van der Waals surface area (Å²) in [6.07, 6.45) is 0.722. The SMILES string of the molecule is C=C(C)CNCCc1ccccc1F.